The van der Waals surface area contributed by atoms with Crippen LogP contribution in [-0.4, -0.2) is 18.1 Å². The lowest BCUT2D eigenvalue weighted by Crippen LogP contribution is -2.44. The van der Waals surface area contributed by atoms with Gasteiger partial charge in [-0.3, -0.25) is 0 Å². The highest BCUT2D eigenvalue weighted by molar-refractivity contribution is 4.88. The lowest BCUT2D eigenvalue weighted by Gasteiger charge is -2.28. The van der Waals surface area contributed by atoms with E-state index in [1.807, 2.05) is 0 Å². The van der Waals surface area contributed by atoms with E-state index in [1.54, 1.807) is 0 Å². The van der Waals surface area contributed by atoms with Gasteiger partial charge in [-0.05, 0) is 39.2 Å². The van der Waals surface area contributed by atoms with Crippen molar-refractivity contribution in [1.82, 2.24) is 5.32 Å². The molecular weight excluding hydrogens is 160 g/mol. The van der Waals surface area contributed by atoms with Crippen molar-refractivity contribution in [2.75, 3.05) is 6.54 Å². The van der Waals surface area contributed by atoms with Crippen molar-refractivity contribution in [3.05, 3.63) is 0 Å². The Bertz CT molecular complexity index is 148. The summed E-state index contributed by atoms with van der Waals surface area (Å²) in [5.74, 6) is 0.581. The third-order valence-corrected chi connectivity index (χ3v) is 3.46. The Morgan fingerprint density at radius 3 is 2.31 bits per heavy atom. The largest absolute Gasteiger partial charge is 0.328 e. The Kier molecular flexibility index (Phi) is 3.74. The van der Waals surface area contributed by atoms with Gasteiger partial charge in [-0.15, -0.1) is 0 Å². The van der Waals surface area contributed by atoms with Gasteiger partial charge in [0, 0.05) is 11.6 Å². The number of nitrogens with two attached hydrogens (primary N) is 1. The Balaban J connectivity index is 2.24. The normalized spacial score (nSPS) is 25.8. The van der Waals surface area contributed by atoms with Crippen LogP contribution in [0.2, 0.25) is 0 Å². The smallest absolute Gasteiger partial charge is 0.0153 e. The van der Waals surface area contributed by atoms with Crippen LogP contribution in [0.3, 0.4) is 0 Å². The minimum absolute atomic E-state index is 0.303. The lowest BCUT2D eigenvalue weighted by molar-refractivity contribution is 0.322. The molecule has 13 heavy (non-hydrogen) atoms. The second kappa shape index (κ2) is 4.43. The number of rotatable bonds is 4. The van der Waals surface area contributed by atoms with Crippen LogP contribution in [-0.2, 0) is 0 Å². The van der Waals surface area contributed by atoms with Gasteiger partial charge < -0.3 is 11.1 Å². The molecule has 0 aromatic rings. The summed E-state index contributed by atoms with van der Waals surface area (Å²) in [5.41, 5.74) is 6.23. The van der Waals surface area contributed by atoms with Crippen molar-refractivity contribution >= 4 is 0 Å². The molecule has 0 aliphatic heterocycles. The van der Waals surface area contributed by atoms with Crippen LogP contribution in [0.25, 0.3) is 0 Å². The van der Waals surface area contributed by atoms with E-state index in [9.17, 15) is 0 Å². The first-order valence-corrected chi connectivity index (χ1v) is 5.54. The third-order valence-electron chi connectivity index (χ3n) is 3.46. The van der Waals surface area contributed by atoms with E-state index in [0.717, 1.165) is 6.54 Å². The van der Waals surface area contributed by atoms with Gasteiger partial charge in [-0.2, -0.15) is 0 Å². The van der Waals surface area contributed by atoms with Gasteiger partial charge in [0.1, 0.15) is 0 Å². The molecule has 1 aliphatic rings. The molecule has 0 aromatic heterocycles. The summed E-state index contributed by atoms with van der Waals surface area (Å²) in [6.07, 6.45) is 5.43. The number of hydrogen-bond donors (Lipinski definition) is 2. The Hall–Kier alpha value is -0.0800. The Labute approximate surface area is 82.3 Å². The summed E-state index contributed by atoms with van der Waals surface area (Å²) in [6, 6.07) is 0.303. The molecule has 2 unspecified atom stereocenters. The van der Waals surface area contributed by atoms with Crippen molar-refractivity contribution in [1.29, 1.82) is 0 Å². The zero-order chi connectivity index (χ0) is 9.90. The summed E-state index contributed by atoms with van der Waals surface area (Å²) >= 11 is 0. The molecule has 78 valence electrons. The Morgan fingerprint density at radius 1 is 1.31 bits per heavy atom. The number of hydrogen-bond acceptors (Lipinski definition) is 2. The zero-order valence-electron chi connectivity index (χ0n) is 9.27. The third kappa shape index (κ3) is 3.28. The van der Waals surface area contributed by atoms with E-state index >= 15 is 0 Å². The molecule has 1 aliphatic carbocycles. The van der Waals surface area contributed by atoms with Crippen molar-refractivity contribution in [3.8, 4) is 0 Å². The first kappa shape index (κ1) is 11.0. The van der Waals surface area contributed by atoms with Gasteiger partial charge in [-0.25, -0.2) is 0 Å². The minimum Gasteiger partial charge on any atom is -0.328 e. The number of nitrogens with one attached hydrogen (secondary N) is 1. The van der Waals surface area contributed by atoms with Crippen molar-refractivity contribution in [2.24, 2.45) is 11.7 Å². The summed E-state index contributed by atoms with van der Waals surface area (Å²) < 4.78 is 0. The average Bonchev–Trinajstić information content (AvgIpc) is 2.48. The molecule has 1 fully saturated rings. The summed E-state index contributed by atoms with van der Waals surface area (Å²) in [4.78, 5) is 0. The SMILES string of the molecule is CC(N)C(C)CNC1(C)CCCC1. The molecule has 0 saturated heterocycles. The second-order valence-corrected chi connectivity index (χ2v) is 4.99. The van der Waals surface area contributed by atoms with Crippen molar-refractivity contribution in [3.63, 3.8) is 0 Å². The molecule has 2 nitrogen and oxygen atoms in total. The van der Waals surface area contributed by atoms with Crippen LogP contribution in [0.4, 0.5) is 0 Å². The highest BCUT2D eigenvalue weighted by atomic mass is 15.0. The van der Waals surface area contributed by atoms with Crippen LogP contribution < -0.4 is 11.1 Å². The molecule has 0 heterocycles. The molecule has 0 aromatic carbocycles. The van der Waals surface area contributed by atoms with Gasteiger partial charge in [-0.1, -0.05) is 19.8 Å². The van der Waals surface area contributed by atoms with Gasteiger partial charge in [0.15, 0.2) is 0 Å². The summed E-state index contributed by atoms with van der Waals surface area (Å²) in [7, 11) is 0. The maximum atomic E-state index is 5.82. The summed E-state index contributed by atoms with van der Waals surface area (Å²) in [5, 5.41) is 3.66. The predicted molar refractivity (Wildman–Crippen MR) is 57.7 cm³/mol. The molecule has 0 radical (unpaired) electrons. The van der Waals surface area contributed by atoms with Gasteiger partial charge in [0.05, 0.1) is 0 Å². The fraction of sp³-hybridized carbons (Fsp3) is 1.00. The maximum Gasteiger partial charge on any atom is 0.0153 e. The highest BCUT2D eigenvalue weighted by Gasteiger charge is 2.28. The fourth-order valence-electron chi connectivity index (χ4n) is 1.93. The van der Waals surface area contributed by atoms with Crippen LogP contribution >= 0.6 is 0 Å². The molecule has 0 spiro atoms. The Morgan fingerprint density at radius 2 is 1.85 bits per heavy atom. The average molecular weight is 184 g/mol. The molecule has 0 bridgehead atoms. The van der Waals surface area contributed by atoms with Gasteiger partial charge in [0.2, 0.25) is 0 Å². The van der Waals surface area contributed by atoms with E-state index in [1.165, 1.54) is 25.7 Å². The van der Waals surface area contributed by atoms with Crippen LogP contribution in [0.5, 0.6) is 0 Å². The predicted octanol–water partition coefficient (Wildman–Crippen LogP) is 1.89. The van der Waals surface area contributed by atoms with Crippen LogP contribution in [0, 0.1) is 5.92 Å². The highest BCUT2D eigenvalue weighted by Crippen LogP contribution is 2.28. The first-order valence-electron chi connectivity index (χ1n) is 5.54. The van der Waals surface area contributed by atoms with E-state index in [4.69, 9.17) is 5.73 Å². The van der Waals surface area contributed by atoms with Gasteiger partial charge in [0.25, 0.3) is 0 Å². The quantitative estimate of drug-likeness (QED) is 0.700. The van der Waals surface area contributed by atoms with E-state index in [0.29, 0.717) is 17.5 Å². The standard InChI is InChI=1S/C11H24N2/c1-9(10(2)12)8-13-11(3)6-4-5-7-11/h9-10,13H,4-8,12H2,1-3H3. The monoisotopic (exact) mass is 184 g/mol. The van der Waals surface area contributed by atoms with Crippen LogP contribution in [0.15, 0.2) is 0 Å². The minimum atomic E-state index is 0.303. The van der Waals surface area contributed by atoms with Crippen LogP contribution in [0.1, 0.15) is 46.5 Å². The first-order chi connectivity index (χ1) is 6.03. The van der Waals surface area contributed by atoms with Crippen molar-refractivity contribution < 1.29 is 0 Å². The molecule has 0 amide bonds. The van der Waals surface area contributed by atoms with Gasteiger partial charge >= 0.3 is 0 Å². The molecule has 2 atom stereocenters. The second-order valence-electron chi connectivity index (χ2n) is 4.99. The molecule has 1 rings (SSSR count). The topological polar surface area (TPSA) is 38.0 Å². The fourth-order valence-corrected chi connectivity index (χ4v) is 1.93. The van der Waals surface area contributed by atoms with E-state index in [2.05, 4.69) is 26.1 Å². The maximum absolute atomic E-state index is 5.82. The molecule has 2 heteroatoms. The van der Waals surface area contributed by atoms with E-state index in [-0.39, 0.29) is 0 Å². The molecule has 3 N–H and O–H groups in total. The summed E-state index contributed by atoms with van der Waals surface area (Å²) in [6.45, 7) is 7.71. The molecular formula is C11H24N2. The lowest BCUT2D eigenvalue weighted by atomic mass is 9.98. The molecule has 1 saturated carbocycles. The van der Waals surface area contributed by atoms with Crippen molar-refractivity contribution in [2.45, 2.75) is 58.0 Å². The zero-order valence-corrected chi connectivity index (χ0v) is 9.27. The van der Waals surface area contributed by atoms with E-state index < -0.39 is 0 Å².